The van der Waals surface area contributed by atoms with Crippen molar-refractivity contribution in [2.45, 2.75) is 6.92 Å². The van der Waals surface area contributed by atoms with Crippen molar-refractivity contribution >= 4 is 27.3 Å². The standard InChI is InChI=1S/C10H14ClNO4S/c1-2-16-5-6-17(14,15)12-10-4-3-8(13)7-9(10)11/h3-4,7,12-13H,2,5-6H2,1H3. The molecule has 0 saturated carbocycles. The summed E-state index contributed by atoms with van der Waals surface area (Å²) in [6.45, 7) is 2.38. The number of hydrogen-bond acceptors (Lipinski definition) is 4. The highest BCUT2D eigenvalue weighted by Crippen LogP contribution is 2.26. The lowest BCUT2D eigenvalue weighted by atomic mass is 10.3. The number of phenols is 1. The van der Waals surface area contributed by atoms with Crippen molar-refractivity contribution in [3.63, 3.8) is 0 Å². The SMILES string of the molecule is CCOCCS(=O)(=O)Nc1ccc(O)cc1Cl. The zero-order valence-corrected chi connectivity index (χ0v) is 10.9. The maximum absolute atomic E-state index is 11.6. The number of nitrogens with one attached hydrogen (secondary N) is 1. The van der Waals surface area contributed by atoms with Crippen LogP contribution in [0, 0.1) is 0 Å². The molecule has 0 atom stereocenters. The van der Waals surface area contributed by atoms with Crippen LogP contribution in [0.5, 0.6) is 5.75 Å². The Labute approximate surface area is 105 Å². The van der Waals surface area contributed by atoms with Crippen LogP contribution in [0.15, 0.2) is 18.2 Å². The van der Waals surface area contributed by atoms with Gasteiger partial charge < -0.3 is 9.84 Å². The summed E-state index contributed by atoms with van der Waals surface area (Å²) in [4.78, 5) is 0. The van der Waals surface area contributed by atoms with Crippen LogP contribution in [0.2, 0.25) is 5.02 Å². The van der Waals surface area contributed by atoms with E-state index >= 15 is 0 Å². The maximum Gasteiger partial charge on any atom is 0.235 e. The highest BCUT2D eigenvalue weighted by Gasteiger charge is 2.12. The van der Waals surface area contributed by atoms with Crippen molar-refractivity contribution in [3.8, 4) is 5.75 Å². The summed E-state index contributed by atoms with van der Waals surface area (Å²) in [6, 6.07) is 4.02. The highest BCUT2D eigenvalue weighted by atomic mass is 35.5. The van der Waals surface area contributed by atoms with Gasteiger partial charge in [0.2, 0.25) is 10.0 Å². The number of ether oxygens (including phenoxy) is 1. The molecule has 17 heavy (non-hydrogen) atoms. The van der Waals surface area contributed by atoms with Crippen LogP contribution in [-0.4, -0.2) is 32.5 Å². The van der Waals surface area contributed by atoms with Gasteiger partial charge in [0.05, 0.1) is 23.1 Å². The summed E-state index contributed by atoms with van der Waals surface area (Å²) in [6.07, 6.45) is 0. The Kier molecular flexibility index (Phi) is 5.04. The van der Waals surface area contributed by atoms with Gasteiger partial charge in [0.25, 0.3) is 0 Å². The van der Waals surface area contributed by atoms with Gasteiger partial charge in [0.15, 0.2) is 0 Å². The molecule has 0 bridgehead atoms. The van der Waals surface area contributed by atoms with E-state index in [4.69, 9.17) is 21.4 Å². The molecule has 0 aromatic heterocycles. The monoisotopic (exact) mass is 279 g/mol. The predicted molar refractivity (Wildman–Crippen MR) is 67.0 cm³/mol. The number of halogens is 1. The molecule has 0 spiro atoms. The van der Waals surface area contributed by atoms with Gasteiger partial charge in [0.1, 0.15) is 5.75 Å². The molecule has 0 aliphatic heterocycles. The second kappa shape index (κ2) is 6.09. The number of phenolic OH excluding ortho intramolecular Hbond substituents is 1. The number of anilines is 1. The normalized spacial score (nSPS) is 11.4. The fourth-order valence-corrected chi connectivity index (χ4v) is 2.35. The number of benzene rings is 1. The van der Waals surface area contributed by atoms with Gasteiger partial charge >= 0.3 is 0 Å². The average Bonchev–Trinajstić information content (AvgIpc) is 2.22. The Balaban J connectivity index is 2.69. The molecule has 0 fully saturated rings. The van der Waals surface area contributed by atoms with Crippen LogP contribution in [0.4, 0.5) is 5.69 Å². The molecule has 0 heterocycles. The van der Waals surface area contributed by atoms with Gasteiger partial charge in [0, 0.05) is 12.7 Å². The molecule has 0 aliphatic rings. The lowest BCUT2D eigenvalue weighted by molar-refractivity contribution is 0.163. The smallest absolute Gasteiger partial charge is 0.235 e. The summed E-state index contributed by atoms with van der Waals surface area (Å²) >= 11 is 5.78. The first kappa shape index (κ1) is 14.1. The molecule has 0 saturated heterocycles. The maximum atomic E-state index is 11.6. The molecule has 0 aliphatic carbocycles. The topological polar surface area (TPSA) is 75.6 Å². The first-order valence-electron chi connectivity index (χ1n) is 5.01. The zero-order chi connectivity index (χ0) is 12.9. The van der Waals surface area contributed by atoms with Crippen LogP contribution in [0.3, 0.4) is 0 Å². The number of hydrogen-bond donors (Lipinski definition) is 2. The number of sulfonamides is 1. The molecule has 96 valence electrons. The van der Waals surface area contributed by atoms with Crippen LogP contribution >= 0.6 is 11.6 Å². The van der Waals surface area contributed by atoms with E-state index in [0.29, 0.717) is 6.61 Å². The van der Waals surface area contributed by atoms with E-state index in [9.17, 15) is 8.42 Å². The summed E-state index contributed by atoms with van der Waals surface area (Å²) < 4.78 is 30.5. The summed E-state index contributed by atoms with van der Waals surface area (Å²) in [5, 5.41) is 9.27. The van der Waals surface area contributed by atoms with E-state index < -0.39 is 10.0 Å². The molecule has 0 radical (unpaired) electrons. The summed E-state index contributed by atoms with van der Waals surface area (Å²) in [7, 11) is -3.48. The third kappa shape index (κ3) is 4.80. The summed E-state index contributed by atoms with van der Waals surface area (Å²) in [5.74, 6) is -0.162. The van der Waals surface area contributed by atoms with Crippen molar-refractivity contribution in [1.82, 2.24) is 0 Å². The number of aromatic hydroxyl groups is 1. The first-order valence-corrected chi connectivity index (χ1v) is 7.04. The number of rotatable bonds is 6. The molecular formula is C10H14ClNO4S. The Morgan fingerprint density at radius 1 is 1.47 bits per heavy atom. The molecule has 1 aromatic rings. The van der Waals surface area contributed by atoms with Crippen LogP contribution in [0.25, 0.3) is 0 Å². The Morgan fingerprint density at radius 3 is 2.76 bits per heavy atom. The molecule has 1 rings (SSSR count). The van der Waals surface area contributed by atoms with Gasteiger partial charge in [-0.25, -0.2) is 8.42 Å². The largest absolute Gasteiger partial charge is 0.508 e. The second-order valence-electron chi connectivity index (χ2n) is 3.28. The molecule has 0 amide bonds. The van der Waals surface area contributed by atoms with Gasteiger partial charge in [-0.2, -0.15) is 0 Å². The van der Waals surface area contributed by atoms with Crippen molar-refractivity contribution < 1.29 is 18.3 Å². The van der Waals surface area contributed by atoms with E-state index in [1.807, 2.05) is 0 Å². The molecule has 7 heteroatoms. The molecule has 0 unspecified atom stereocenters. The molecule has 1 aromatic carbocycles. The second-order valence-corrected chi connectivity index (χ2v) is 5.53. The van der Waals surface area contributed by atoms with E-state index in [1.165, 1.54) is 18.2 Å². The molecule has 2 N–H and O–H groups in total. The van der Waals surface area contributed by atoms with Gasteiger partial charge in [-0.3, -0.25) is 4.72 Å². The minimum atomic E-state index is -3.48. The van der Waals surface area contributed by atoms with Crippen LogP contribution in [0.1, 0.15) is 6.92 Å². The van der Waals surface area contributed by atoms with Crippen molar-refractivity contribution in [1.29, 1.82) is 0 Å². The summed E-state index contributed by atoms with van der Waals surface area (Å²) in [5.41, 5.74) is 0.237. The van der Waals surface area contributed by atoms with Gasteiger partial charge in [-0.05, 0) is 19.1 Å². The lowest BCUT2D eigenvalue weighted by Gasteiger charge is -2.09. The highest BCUT2D eigenvalue weighted by molar-refractivity contribution is 7.92. The average molecular weight is 280 g/mol. The van der Waals surface area contributed by atoms with Crippen molar-refractivity contribution in [2.75, 3.05) is 23.7 Å². The van der Waals surface area contributed by atoms with E-state index in [0.717, 1.165) is 0 Å². The third-order valence-corrected chi connectivity index (χ3v) is 3.47. The minimum Gasteiger partial charge on any atom is -0.508 e. The molecule has 5 nitrogen and oxygen atoms in total. The van der Waals surface area contributed by atoms with E-state index in [1.54, 1.807) is 6.92 Å². The third-order valence-electron chi connectivity index (χ3n) is 1.92. The van der Waals surface area contributed by atoms with Crippen LogP contribution in [-0.2, 0) is 14.8 Å². The molecular weight excluding hydrogens is 266 g/mol. The first-order chi connectivity index (χ1) is 7.94. The van der Waals surface area contributed by atoms with Crippen molar-refractivity contribution in [3.05, 3.63) is 23.2 Å². The zero-order valence-electron chi connectivity index (χ0n) is 9.31. The Hall–Kier alpha value is -0.980. The fourth-order valence-electron chi connectivity index (χ4n) is 1.12. The van der Waals surface area contributed by atoms with Gasteiger partial charge in [-0.1, -0.05) is 11.6 Å². The Bertz CT molecular complexity index is 475. The Morgan fingerprint density at radius 2 is 2.18 bits per heavy atom. The quantitative estimate of drug-likeness (QED) is 0.615. The predicted octanol–water partition coefficient (Wildman–Crippen LogP) is 1.82. The fraction of sp³-hybridized carbons (Fsp3) is 0.400. The van der Waals surface area contributed by atoms with Crippen LogP contribution < -0.4 is 4.72 Å². The lowest BCUT2D eigenvalue weighted by Crippen LogP contribution is -2.20. The minimum absolute atomic E-state index is 0.0211. The van der Waals surface area contributed by atoms with Crippen molar-refractivity contribution in [2.24, 2.45) is 0 Å². The van der Waals surface area contributed by atoms with E-state index in [2.05, 4.69) is 4.72 Å². The van der Waals surface area contributed by atoms with Gasteiger partial charge in [-0.15, -0.1) is 0 Å². The van der Waals surface area contributed by atoms with E-state index in [-0.39, 0.29) is 28.8 Å².